The second-order valence-corrected chi connectivity index (χ2v) is 5.28. The molecule has 0 amide bonds. The van der Waals surface area contributed by atoms with Gasteiger partial charge in [0.2, 0.25) is 5.78 Å². The average molecular weight is 291 g/mol. The summed E-state index contributed by atoms with van der Waals surface area (Å²) in [6.07, 6.45) is 3.73. The zero-order chi connectivity index (χ0) is 13.9. The maximum Gasteiger partial charge on any atom is 0.216 e. The summed E-state index contributed by atoms with van der Waals surface area (Å²) in [6, 6.07) is 7.30. The van der Waals surface area contributed by atoms with Gasteiger partial charge in [-0.15, -0.1) is 5.10 Å². The SMILES string of the molecule is O=C(c1cn(C2CCNCC2)nn1)c1ccccc1Cl. The molecule has 20 heavy (non-hydrogen) atoms. The number of ketones is 1. The normalized spacial score (nSPS) is 16.2. The predicted octanol–water partition coefficient (Wildman–Crippen LogP) is 2.09. The summed E-state index contributed by atoms with van der Waals surface area (Å²) in [7, 11) is 0. The van der Waals surface area contributed by atoms with Crippen LogP contribution in [0.3, 0.4) is 0 Å². The molecular formula is C14H15ClN4O. The molecule has 1 fully saturated rings. The molecule has 1 aliphatic rings. The van der Waals surface area contributed by atoms with Gasteiger partial charge in [-0.2, -0.15) is 0 Å². The minimum Gasteiger partial charge on any atom is -0.317 e. The molecule has 0 bridgehead atoms. The van der Waals surface area contributed by atoms with Gasteiger partial charge in [0.15, 0.2) is 5.69 Å². The maximum absolute atomic E-state index is 12.4. The fraction of sp³-hybridized carbons (Fsp3) is 0.357. The van der Waals surface area contributed by atoms with Crippen molar-refractivity contribution in [3.8, 4) is 0 Å². The highest BCUT2D eigenvalue weighted by Gasteiger charge is 2.20. The molecule has 0 unspecified atom stereocenters. The van der Waals surface area contributed by atoms with Crippen LogP contribution in [-0.2, 0) is 0 Å². The van der Waals surface area contributed by atoms with Gasteiger partial charge in [-0.1, -0.05) is 28.9 Å². The van der Waals surface area contributed by atoms with E-state index in [2.05, 4.69) is 15.6 Å². The number of benzene rings is 1. The predicted molar refractivity (Wildman–Crippen MR) is 76.0 cm³/mol. The topological polar surface area (TPSA) is 59.8 Å². The molecule has 104 valence electrons. The summed E-state index contributed by atoms with van der Waals surface area (Å²) in [6.45, 7) is 1.94. The first-order valence-electron chi connectivity index (χ1n) is 6.67. The number of nitrogens with zero attached hydrogens (tertiary/aromatic N) is 3. The molecule has 1 aromatic heterocycles. The highest BCUT2D eigenvalue weighted by Crippen LogP contribution is 2.20. The van der Waals surface area contributed by atoms with E-state index in [4.69, 9.17) is 11.6 Å². The summed E-state index contributed by atoms with van der Waals surface area (Å²) in [4.78, 5) is 12.4. The molecule has 2 aromatic rings. The number of hydrogen-bond donors (Lipinski definition) is 1. The van der Waals surface area contributed by atoms with Crippen LogP contribution in [0, 0.1) is 0 Å². The van der Waals surface area contributed by atoms with Gasteiger partial charge >= 0.3 is 0 Å². The third-order valence-corrected chi connectivity index (χ3v) is 3.87. The molecule has 5 nitrogen and oxygen atoms in total. The van der Waals surface area contributed by atoms with Gasteiger partial charge in [-0.3, -0.25) is 4.79 Å². The summed E-state index contributed by atoms with van der Waals surface area (Å²) in [5.74, 6) is -0.184. The zero-order valence-corrected chi connectivity index (χ0v) is 11.7. The lowest BCUT2D eigenvalue weighted by molar-refractivity contribution is 0.103. The van der Waals surface area contributed by atoms with Crippen molar-refractivity contribution in [2.24, 2.45) is 0 Å². The van der Waals surface area contributed by atoms with Crippen molar-refractivity contribution in [1.82, 2.24) is 20.3 Å². The summed E-state index contributed by atoms with van der Waals surface area (Å²) < 4.78 is 1.80. The molecule has 1 saturated heterocycles. The maximum atomic E-state index is 12.4. The highest BCUT2D eigenvalue weighted by atomic mass is 35.5. The zero-order valence-electron chi connectivity index (χ0n) is 10.9. The first-order valence-corrected chi connectivity index (χ1v) is 7.05. The van der Waals surface area contributed by atoms with E-state index >= 15 is 0 Å². The van der Waals surface area contributed by atoms with Gasteiger partial charge in [-0.25, -0.2) is 4.68 Å². The largest absolute Gasteiger partial charge is 0.317 e. The van der Waals surface area contributed by atoms with Crippen LogP contribution in [0.15, 0.2) is 30.5 Å². The highest BCUT2D eigenvalue weighted by molar-refractivity contribution is 6.34. The summed E-state index contributed by atoms with van der Waals surface area (Å²) in [5.41, 5.74) is 0.808. The molecule has 1 aliphatic heterocycles. The summed E-state index contributed by atoms with van der Waals surface area (Å²) >= 11 is 6.04. The Morgan fingerprint density at radius 2 is 2.05 bits per heavy atom. The monoisotopic (exact) mass is 290 g/mol. The van der Waals surface area contributed by atoms with Gasteiger partial charge in [-0.05, 0) is 38.1 Å². The van der Waals surface area contributed by atoms with Crippen LogP contribution >= 0.6 is 11.6 Å². The van der Waals surface area contributed by atoms with Crippen molar-refractivity contribution < 1.29 is 4.79 Å². The van der Waals surface area contributed by atoms with Crippen molar-refractivity contribution in [3.05, 3.63) is 46.7 Å². The van der Waals surface area contributed by atoms with Crippen LogP contribution in [0.5, 0.6) is 0 Å². The number of aromatic nitrogens is 3. The van der Waals surface area contributed by atoms with E-state index in [0.717, 1.165) is 25.9 Å². The Morgan fingerprint density at radius 3 is 2.80 bits per heavy atom. The van der Waals surface area contributed by atoms with Crippen LogP contribution in [-0.4, -0.2) is 33.9 Å². The van der Waals surface area contributed by atoms with Crippen molar-refractivity contribution in [2.45, 2.75) is 18.9 Å². The van der Waals surface area contributed by atoms with E-state index in [9.17, 15) is 4.79 Å². The Morgan fingerprint density at radius 1 is 1.30 bits per heavy atom. The molecule has 1 N–H and O–H groups in total. The summed E-state index contributed by atoms with van der Waals surface area (Å²) in [5, 5.41) is 11.8. The second-order valence-electron chi connectivity index (χ2n) is 4.87. The van der Waals surface area contributed by atoms with Crippen LogP contribution < -0.4 is 5.32 Å². The smallest absolute Gasteiger partial charge is 0.216 e. The number of hydrogen-bond acceptors (Lipinski definition) is 4. The van der Waals surface area contributed by atoms with E-state index in [1.165, 1.54) is 0 Å². The third-order valence-electron chi connectivity index (χ3n) is 3.54. The number of rotatable bonds is 3. The molecule has 0 aliphatic carbocycles. The minimum atomic E-state index is -0.184. The molecule has 0 spiro atoms. The average Bonchev–Trinajstić information content (AvgIpc) is 2.98. The Hall–Kier alpha value is -1.72. The van der Waals surface area contributed by atoms with Gasteiger partial charge < -0.3 is 5.32 Å². The number of nitrogens with one attached hydrogen (secondary N) is 1. The lowest BCUT2D eigenvalue weighted by Gasteiger charge is -2.22. The second kappa shape index (κ2) is 5.73. The first-order chi connectivity index (χ1) is 9.75. The fourth-order valence-corrected chi connectivity index (χ4v) is 2.64. The van der Waals surface area contributed by atoms with Crippen LogP contribution in [0.4, 0.5) is 0 Å². The van der Waals surface area contributed by atoms with Gasteiger partial charge in [0.1, 0.15) is 0 Å². The Bertz CT molecular complexity index is 619. The van der Waals surface area contributed by atoms with Crippen LogP contribution in [0.25, 0.3) is 0 Å². The standard InChI is InChI=1S/C14H15ClN4O/c15-12-4-2-1-3-11(12)14(20)13-9-19(18-17-13)10-5-7-16-8-6-10/h1-4,9-10,16H,5-8H2. The number of carbonyl (C=O) groups is 1. The quantitative estimate of drug-likeness (QED) is 0.879. The Balaban J connectivity index is 1.83. The minimum absolute atomic E-state index is 0.184. The number of halogens is 1. The molecule has 0 saturated carbocycles. The fourth-order valence-electron chi connectivity index (χ4n) is 2.41. The van der Waals surface area contributed by atoms with Crippen molar-refractivity contribution in [2.75, 3.05) is 13.1 Å². The number of piperidine rings is 1. The van der Waals surface area contributed by atoms with Crippen molar-refractivity contribution >= 4 is 17.4 Å². The van der Waals surface area contributed by atoms with E-state index in [1.54, 1.807) is 35.1 Å². The third kappa shape index (κ3) is 2.59. The van der Waals surface area contributed by atoms with Gasteiger partial charge in [0.25, 0.3) is 0 Å². The molecule has 2 heterocycles. The van der Waals surface area contributed by atoms with Crippen LogP contribution in [0.2, 0.25) is 5.02 Å². The molecule has 1 aromatic carbocycles. The van der Waals surface area contributed by atoms with Gasteiger partial charge in [0, 0.05) is 5.56 Å². The van der Waals surface area contributed by atoms with E-state index in [-0.39, 0.29) is 5.78 Å². The van der Waals surface area contributed by atoms with E-state index < -0.39 is 0 Å². The van der Waals surface area contributed by atoms with E-state index in [0.29, 0.717) is 22.3 Å². The molecular weight excluding hydrogens is 276 g/mol. The van der Waals surface area contributed by atoms with Gasteiger partial charge in [0.05, 0.1) is 17.3 Å². The molecule has 0 radical (unpaired) electrons. The Kier molecular flexibility index (Phi) is 3.80. The molecule has 3 rings (SSSR count). The van der Waals surface area contributed by atoms with Crippen LogP contribution in [0.1, 0.15) is 34.9 Å². The molecule has 0 atom stereocenters. The number of carbonyl (C=O) groups excluding carboxylic acids is 1. The first kappa shape index (κ1) is 13.3. The Labute approximate surface area is 121 Å². The van der Waals surface area contributed by atoms with E-state index in [1.807, 2.05) is 0 Å². The lowest BCUT2D eigenvalue weighted by atomic mass is 10.1. The van der Waals surface area contributed by atoms with Crippen molar-refractivity contribution in [3.63, 3.8) is 0 Å². The molecule has 6 heteroatoms. The lowest BCUT2D eigenvalue weighted by Crippen LogP contribution is -2.29. The van der Waals surface area contributed by atoms with Crippen molar-refractivity contribution in [1.29, 1.82) is 0 Å².